The van der Waals surface area contributed by atoms with E-state index in [2.05, 4.69) is 41.3 Å². The summed E-state index contributed by atoms with van der Waals surface area (Å²) in [6.07, 6.45) is 3.24. The van der Waals surface area contributed by atoms with E-state index >= 15 is 0 Å². The normalized spacial score (nSPS) is 11.1. The van der Waals surface area contributed by atoms with Gasteiger partial charge >= 0.3 is 0 Å². The molecule has 1 amide bonds. The fourth-order valence-corrected chi connectivity index (χ4v) is 2.88. The molecule has 0 unspecified atom stereocenters. The molecule has 3 rings (SSSR count). The average molecular weight is 392 g/mol. The van der Waals surface area contributed by atoms with Crippen molar-refractivity contribution in [3.8, 4) is 17.0 Å². The molecule has 0 radical (unpaired) electrons. The first-order valence-electron chi connectivity index (χ1n) is 9.37. The van der Waals surface area contributed by atoms with Crippen molar-refractivity contribution in [1.82, 2.24) is 20.5 Å². The number of ether oxygens (including phenoxy) is 1. The Morgan fingerprint density at radius 2 is 1.86 bits per heavy atom. The molecular formula is C22H24N4O3. The third-order valence-corrected chi connectivity index (χ3v) is 4.36. The van der Waals surface area contributed by atoms with Crippen molar-refractivity contribution in [2.24, 2.45) is 0 Å². The maximum absolute atomic E-state index is 12.5. The first-order chi connectivity index (χ1) is 13.9. The maximum Gasteiger partial charge on any atom is 0.277 e. The molecule has 0 atom stereocenters. The zero-order valence-corrected chi connectivity index (χ0v) is 16.7. The minimum atomic E-state index is -0.542. The lowest BCUT2D eigenvalue weighted by Crippen LogP contribution is -2.33. The van der Waals surface area contributed by atoms with Gasteiger partial charge in [-0.2, -0.15) is 5.10 Å². The number of nitrogens with one attached hydrogen (secondary N) is 2. The SMILES string of the molecule is CC(C)(C)c1ccccc1OCCNC(=O)c1cc(-c2ccncc2)n[nH]c1=O. The van der Waals surface area contributed by atoms with Gasteiger partial charge in [0.25, 0.3) is 11.5 Å². The predicted octanol–water partition coefficient (Wildman–Crippen LogP) is 2.94. The second-order valence-electron chi connectivity index (χ2n) is 7.58. The van der Waals surface area contributed by atoms with Gasteiger partial charge in [-0.1, -0.05) is 39.0 Å². The van der Waals surface area contributed by atoms with Gasteiger partial charge < -0.3 is 10.1 Å². The fourth-order valence-electron chi connectivity index (χ4n) is 2.88. The Labute approximate surface area is 169 Å². The van der Waals surface area contributed by atoms with E-state index in [1.807, 2.05) is 24.3 Å². The molecular weight excluding hydrogens is 368 g/mol. The molecule has 2 aromatic heterocycles. The van der Waals surface area contributed by atoms with Crippen molar-refractivity contribution in [1.29, 1.82) is 0 Å². The van der Waals surface area contributed by atoms with Crippen molar-refractivity contribution < 1.29 is 9.53 Å². The standard InChI is InChI=1S/C22H24N4O3/c1-22(2,3)17-6-4-5-7-19(17)29-13-12-24-20(27)16-14-18(25-26-21(16)28)15-8-10-23-11-9-15/h4-11,14H,12-13H2,1-3H3,(H,24,27)(H,26,28). The van der Waals surface area contributed by atoms with Crippen LogP contribution in [0, 0.1) is 0 Å². The van der Waals surface area contributed by atoms with E-state index in [4.69, 9.17) is 4.74 Å². The Morgan fingerprint density at radius 1 is 1.14 bits per heavy atom. The summed E-state index contributed by atoms with van der Waals surface area (Å²) >= 11 is 0. The van der Waals surface area contributed by atoms with Crippen LogP contribution in [-0.2, 0) is 5.41 Å². The highest BCUT2D eigenvalue weighted by molar-refractivity contribution is 5.94. The van der Waals surface area contributed by atoms with E-state index in [1.54, 1.807) is 24.5 Å². The summed E-state index contributed by atoms with van der Waals surface area (Å²) in [5.74, 6) is 0.313. The predicted molar refractivity (Wildman–Crippen MR) is 111 cm³/mol. The van der Waals surface area contributed by atoms with Crippen LogP contribution in [0.2, 0.25) is 0 Å². The number of pyridine rings is 1. The fraction of sp³-hybridized carbons (Fsp3) is 0.273. The number of para-hydroxylation sites is 1. The van der Waals surface area contributed by atoms with Crippen molar-refractivity contribution in [3.63, 3.8) is 0 Å². The molecule has 0 bridgehead atoms. The quantitative estimate of drug-likeness (QED) is 0.629. The monoisotopic (exact) mass is 392 g/mol. The minimum absolute atomic E-state index is 0.00176. The van der Waals surface area contributed by atoms with Crippen LogP contribution in [0.4, 0.5) is 0 Å². The molecule has 7 nitrogen and oxygen atoms in total. The molecule has 0 saturated heterocycles. The van der Waals surface area contributed by atoms with Crippen LogP contribution in [0.15, 0.2) is 59.7 Å². The molecule has 29 heavy (non-hydrogen) atoms. The van der Waals surface area contributed by atoms with Crippen LogP contribution in [0.3, 0.4) is 0 Å². The molecule has 0 fully saturated rings. The van der Waals surface area contributed by atoms with Gasteiger partial charge in [0.1, 0.15) is 17.9 Å². The summed E-state index contributed by atoms with van der Waals surface area (Å²) in [6, 6.07) is 12.8. The molecule has 0 aliphatic rings. The topological polar surface area (TPSA) is 97.0 Å². The lowest BCUT2D eigenvalue weighted by atomic mass is 9.86. The van der Waals surface area contributed by atoms with Crippen LogP contribution in [0.5, 0.6) is 5.75 Å². The van der Waals surface area contributed by atoms with Crippen LogP contribution < -0.4 is 15.6 Å². The van der Waals surface area contributed by atoms with Crippen molar-refractivity contribution in [2.75, 3.05) is 13.2 Å². The average Bonchev–Trinajstić information content (AvgIpc) is 2.71. The Kier molecular flexibility index (Phi) is 6.07. The number of nitrogens with zero attached hydrogens (tertiary/aromatic N) is 2. The van der Waals surface area contributed by atoms with E-state index in [0.717, 1.165) is 16.9 Å². The zero-order chi connectivity index (χ0) is 20.9. The highest BCUT2D eigenvalue weighted by Crippen LogP contribution is 2.30. The summed E-state index contributed by atoms with van der Waals surface area (Å²) in [6.45, 7) is 6.91. The van der Waals surface area contributed by atoms with Crippen molar-refractivity contribution >= 4 is 5.91 Å². The van der Waals surface area contributed by atoms with E-state index in [9.17, 15) is 9.59 Å². The van der Waals surface area contributed by atoms with Gasteiger partial charge in [0.2, 0.25) is 0 Å². The van der Waals surface area contributed by atoms with E-state index < -0.39 is 11.5 Å². The molecule has 2 N–H and O–H groups in total. The van der Waals surface area contributed by atoms with Crippen LogP contribution >= 0.6 is 0 Å². The minimum Gasteiger partial charge on any atom is -0.491 e. The largest absolute Gasteiger partial charge is 0.491 e. The summed E-state index contributed by atoms with van der Waals surface area (Å²) in [5.41, 5.74) is 1.76. The second-order valence-corrected chi connectivity index (χ2v) is 7.58. The smallest absolute Gasteiger partial charge is 0.277 e. The molecule has 0 aliphatic carbocycles. The number of amides is 1. The number of aromatic amines is 1. The van der Waals surface area contributed by atoms with Crippen molar-refractivity contribution in [2.45, 2.75) is 26.2 Å². The molecule has 3 aromatic rings. The first-order valence-corrected chi connectivity index (χ1v) is 9.37. The Balaban J connectivity index is 1.63. The molecule has 150 valence electrons. The van der Waals surface area contributed by atoms with Gasteiger partial charge in [-0.25, -0.2) is 5.10 Å². The molecule has 1 aromatic carbocycles. The number of carbonyl (C=O) groups is 1. The van der Waals surface area contributed by atoms with Gasteiger partial charge in [-0.3, -0.25) is 14.6 Å². The Morgan fingerprint density at radius 3 is 2.59 bits per heavy atom. The third-order valence-electron chi connectivity index (χ3n) is 4.36. The van der Waals surface area contributed by atoms with Crippen molar-refractivity contribution in [3.05, 3.63) is 76.3 Å². The number of carbonyl (C=O) groups excluding carboxylic acids is 1. The summed E-state index contributed by atoms with van der Waals surface area (Å²) in [4.78, 5) is 28.4. The number of H-pyrrole nitrogens is 1. The lowest BCUT2D eigenvalue weighted by Gasteiger charge is -2.22. The molecule has 0 saturated carbocycles. The van der Waals surface area contributed by atoms with Gasteiger partial charge in [0, 0.05) is 18.0 Å². The summed E-state index contributed by atoms with van der Waals surface area (Å²) in [5, 5.41) is 9.08. The number of benzene rings is 1. The highest BCUT2D eigenvalue weighted by atomic mass is 16.5. The number of hydrogen-bond acceptors (Lipinski definition) is 5. The Bertz CT molecular complexity index is 1040. The maximum atomic E-state index is 12.5. The van der Waals surface area contributed by atoms with Crippen LogP contribution in [-0.4, -0.2) is 34.2 Å². The number of hydrogen-bond donors (Lipinski definition) is 2. The third kappa shape index (κ3) is 5.07. The summed E-state index contributed by atoms with van der Waals surface area (Å²) in [7, 11) is 0. The van der Waals surface area contributed by atoms with Gasteiger partial charge in [-0.05, 0) is 35.2 Å². The molecule has 0 spiro atoms. The number of rotatable bonds is 6. The van der Waals surface area contributed by atoms with Gasteiger partial charge in [0.05, 0.1) is 12.2 Å². The summed E-state index contributed by atoms with van der Waals surface area (Å²) < 4.78 is 5.85. The van der Waals surface area contributed by atoms with E-state index in [-0.39, 0.29) is 17.5 Å². The molecule has 2 heterocycles. The Hall–Kier alpha value is -3.48. The van der Waals surface area contributed by atoms with E-state index in [1.165, 1.54) is 6.07 Å². The first kappa shape index (κ1) is 20.3. The van der Waals surface area contributed by atoms with Crippen LogP contribution in [0.25, 0.3) is 11.3 Å². The lowest BCUT2D eigenvalue weighted by molar-refractivity contribution is 0.0945. The van der Waals surface area contributed by atoms with Gasteiger partial charge in [-0.15, -0.1) is 0 Å². The van der Waals surface area contributed by atoms with E-state index in [0.29, 0.717) is 12.3 Å². The van der Waals surface area contributed by atoms with Crippen LogP contribution in [0.1, 0.15) is 36.7 Å². The zero-order valence-electron chi connectivity index (χ0n) is 16.7. The van der Waals surface area contributed by atoms with Gasteiger partial charge in [0.15, 0.2) is 0 Å². The number of aromatic nitrogens is 3. The second kappa shape index (κ2) is 8.68. The highest BCUT2D eigenvalue weighted by Gasteiger charge is 2.18. The molecule has 0 aliphatic heterocycles. The molecule has 7 heteroatoms.